The molecule has 0 unspecified atom stereocenters. The average molecular weight is 443 g/mol. The number of carbonyl (C=O) groups is 1. The van der Waals surface area contributed by atoms with Crippen LogP contribution in [0.25, 0.3) is 10.2 Å². The monoisotopic (exact) mass is 443 g/mol. The van der Waals surface area contributed by atoms with Gasteiger partial charge in [0.2, 0.25) is 5.88 Å². The fourth-order valence-electron chi connectivity index (χ4n) is 2.81. The summed E-state index contributed by atoms with van der Waals surface area (Å²) in [6.07, 6.45) is 3.20. The molecule has 0 N–H and O–H groups in total. The highest BCUT2D eigenvalue weighted by Gasteiger charge is 2.25. The number of hydrogen-bond donors (Lipinski definition) is 0. The van der Waals surface area contributed by atoms with Crippen molar-refractivity contribution in [2.45, 2.75) is 6.54 Å². The van der Waals surface area contributed by atoms with Gasteiger partial charge < -0.3 is 9.47 Å². The first kappa shape index (κ1) is 20.5. The molecular weight excluding hydrogens is 428 g/mol. The first-order valence-electron chi connectivity index (χ1n) is 8.92. The molecule has 1 aromatic carbocycles. The van der Waals surface area contributed by atoms with Crippen LogP contribution in [-0.2, 0) is 6.54 Å². The van der Waals surface area contributed by atoms with E-state index in [4.69, 9.17) is 9.47 Å². The molecule has 4 aromatic rings. The number of benzene rings is 1. The Morgan fingerprint density at radius 1 is 1.13 bits per heavy atom. The van der Waals surface area contributed by atoms with Crippen LogP contribution in [0, 0.1) is 11.6 Å². The third-order valence-electron chi connectivity index (χ3n) is 4.23. The van der Waals surface area contributed by atoms with E-state index in [1.54, 1.807) is 24.5 Å². The first-order valence-corrected chi connectivity index (χ1v) is 9.73. The standard InChI is InChI=1S/C20H15F2N5O3S/c1-29-16-8-14(24-19(25-16)30-2)18(28)27(10-11-4-3-5-23-9-11)20-26-17-13(22)6-12(21)7-15(17)31-20/h3-9H,10H2,1-2H3. The third-order valence-corrected chi connectivity index (χ3v) is 5.26. The second kappa shape index (κ2) is 8.56. The third kappa shape index (κ3) is 4.26. The molecule has 0 saturated carbocycles. The average Bonchev–Trinajstić information content (AvgIpc) is 3.21. The zero-order valence-corrected chi connectivity index (χ0v) is 17.2. The number of anilines is 1. The van der Waals surface area contributed by atoms with E-state index < -0.39 is 17.5 Å². The number of thiazole rings is 1. The fraction of sp³-hybridized carbons (Fsp3) is 0.150. The number of amides is 1. The van der Waals surface area contributed by atoms with Gasteiger partial charge in [0.15, 0.2) is 10.9 Å². The van der Waals surface area contributed by atoms with Crippen LogP contribution < -0.4 is 14.4 Å². The SMILES string of the molecule is COc1cc(C(=O)N(Cc2cccnc2)c2nc3c(F)cc(F)cc3s2)nc(OC)n1. The lowest BCUT2D eigenvalue weighted by atomic mass is 10.2. The molecule has 0 fully saturated rings. The van der Waals surface area contributed by atoms with E-state index in [0.717, 1.165) is 17.4 Å². The minimum Gasteiger partial charge on any atom is -0.481 e. The van der Waals surface area contributed by atoms with Crippen LogP contribution in [0.2, 0.25) is 0 Å². The zero-order chi connectivity index (χ0) is 22.0. The first-order chi connectivity index (χ1) is 15.0. The Hall–Kier alpha value is -3.73. The molecule has 0 bridgehead atoms. The van der Waals surface area contributed by atoms with Gasteiger partial charge in [0, 0.05) is 24.5 Å². The summed E-state index contributed by atoms with van der Waals surface area (Å²) in [5.41, 5.74) is 0.663. The van der Waals surface area contributed by atoms with Crippen LogP contribution in [0.3, 0.4) is 0 Å². The maximum Gasteiger partial charge on any atom is 0.320 e. The normalized spacial score (nSPS) is 10.8. The van der Waals surface area contributed by atoms with Gasteiger partial charge in [-0.25, -0.2) is 13.8 Å². The van der Waals surface area contributed by atoms with Crippen molar-refractivity contribution in [1.29, 1.82) is 0 Å². The molecule has 8 nitrogen and oxygen atoms in total. The fourth-order valence-corrected chi connectivity index (χ4v) is 3.81. The number of methoxy groups -OCH3 is 2. The Bertz CT molecular complexity index is 1230. The van der Waals surface area contributed by atoms with Gasteiger partial charge in [-0.05, 0) is 17.7 Å². The number of hydrogen-bond acceptors (Lipinski definition) is 8. The van der Waals surface area contributed by atoms with Gasteiger partial charge in [-0.15, -0.1) is 0 Å². The van der Waals surface area contributed by atoms with E-state index in [1.807, 2.05) is 0 Å². The Kier molecular flexibility index (Phi) is 5.67. The lowest BCUT2D eigenvalue weighted by Gasteiger charge is -2.19. The maximum absolute atomic E-state index is 14.2. The highest BCUT2D eigenvalue weighted by molar-refractivity contribution is 7.22. The van der Waals surface area contributed by atoms with Crippen LogP contribution in [-0.4, -0.2) is 40.1 Å². The number of nitrogens with zero attached hydrogens (tertiary/aromatic N) is 5. The molecule has 11 heteroatoms. The maximum atomic E-state index is 14.2. The van der Waals surface area contributed by atoms with Crippen LogP contribution in [0.15, 0.2) is 42.7 Å². The molecule has 0 spiro atoms. The molecule has 0 atom stereocenters. The molecule has 0 saturated heterocycles. The number of rotatable bonds is 6. The van der Waals surface area contributed by atoms with Crippen molar-refractivity contribution in [1.82, 2.24) is 19.9 Å². The number of ether oxygens (including phenoxy) is 2. The van der Waals surface area contributed by atoms with E-state index in [1.165, 1.54) is 31.3 Å². The van der Waals surface area contributed by atoms with Gasteiger partial charge in [-0.1, -0.05) is 17.4 Å². The Labute approximate surface area is 179 Å². The molecule has 31 heavy (non-hydrogen) atoms. The minimum atomic E-state index is -0.809. The molecule has 0 radical (unpaired) electrons. The Morgan fingerprint density at radius 3 is 2.68 bits per heavy atom. The van der Waals surface area contributed by atoms with E-state index in [2.05, 4.69) is 19.9 Å². The summed E-state index contributed by atoms with van der Waals surface area (Å²) < 4.78 is 38.3. The number of fused-ring (bicyclic) bond motifs is 1. The van der Waals surface area contributed by atoms with E-state index in [-0.39, 0.29) is 39.5 Å². The highest BCUT2D eigenvalue weighted by atomic mass is 32.1. The summed E-state index contributed by atoms with van der Waals surface area (Å²) >= 11 is 0.984. The summed E-state index contributed by atoms with van der Waals surface area (Å²) in [4.78, 5) is 31.1. The zero-order valence-electron chi connectivity index (χ0n) is 16.4. The van der Waals surface area contributed by atoms with Crippen LogP contribution >= 0.6 is 11.3 Å². The number of carbonyl (C=O) groups excluding carboxylic acids is 1. The van der Waals surface area contributed by atoms with Crippen molar-refractivity contribution in [3.05, 3.63) is 65.6 Å². The minimum absolute atomic E-state index is 0.0153. The quantitative estimate of drug-likeness (QED) is 0.450. The second-order valence-electron chi connectivity index (χ2n) is 6.27. The van der Waals surface area contributed by atoms with Gasteiger partial charge in [-0.2, -0.15) is 9.97 Å². The van der Waals surface area contributed by atoms with E-state index in [9.17, 15) is 13.6 Å². The predicted molar refractivity (Wildman–Crippen MR) is 109 cm³/mol. The summed E-state index contributed by atoms with van der Waals surface area (Å²) in [5.74, 6) is -1.95. The summed E-state index contributed by atoms with van der Waals surface area (Å²) in [7, 11) is 2.76. The van der Waals surface area contributed by atoms with Crippen LogP contribution in [0.1, 0.15) is 16.1 Å². The Morgan fingerprint density at radius 2 is 1.97 bits per heavy atom. The lowest BCUT2D eigenvalue weighted by Crippen LogP contribution is -2.31. The van der Waals surface area contributed by atoms with Crippen molar-refractivity contribution >= 4 is 32.6 Å². The number of pyridine rings is 1. The molecule has 4 rings (SSSR count). The van der Waals surface area contributed by atoms with Crippen molar-refractivity contribution in [3.63, 3.8) is 0 Å². The molecule has 1 amide bonds. The molecule has 3 heterocycles. The second-order valence-corrected chi connectivity index (χ2v) is 7.27. The lowest BCUT2D eigenvalue weighted by molar-refractivity contribution is 0.0978. The van der Waals surface area contributed by atoms with Gasteiger partial charge in [-0.3, -0.25) is 14.7 Å². The predicted octanol–water partition coefficient (Wildman–Crippen LogP) is 3.62. The topological polar surface area (TPSA) is 90.3 Å². The molecule has 158 valence electrons. The molecule has 0 aliphatic carbocycles. The van der Waals surface area contributed by atoms with Gasteiger partial charge in [0.25, 0.3) is 5.91 Å². The number of aromatic nitrogens is 4. The van der Waals surface area contributed by atoms with Gasteiger partial charge >= 0.3 is 6.01 Å². The van der Waals surface area contributed by atoms with Crippen molar-refractivity contribution in [3.8, 4) is 11.9 Å². The molecule has 0 aliphatic rings. The van der Waals surface area contributed by atoms with Crippen molar-refractivity contribution in [2.24, 2.45) is 0 Å². The summed E-state index contributed by atoms with van der Waals surface area (Å²) in [5, 5.41) is 0.171. The van der Waals surface area contributed by atoms with Gasteiger partial charge in [0.1, 0.15) is 17.0 Å². The highest BCUT2D eigenvalue weighted by Crippen LogP contribution is 2.33. The van der Waals surface area contributed by atoms with Crippen molar-refractivity contribution in [2.75, 3.05) is 19.1 Å². The van der Waals surface area contributed by atoms with Crippen LogP contribution in [0.5, 0.6) is 11.9 Å². The van der Waals surface area contributed by atoms with Gasteiger partial charge in [0.05, 0.1) is 25.5 Å². The Balaban J connectivity index is 1.82. The summed E-state index contributed by atoms with van der Waals surface area (Å²) in [6, 6.07) is 6.72. The molecular formula is C20H15F2N5O3S. The van der Waals surface area contributed by atoms with Crippen molar-refractivity contribution < 1.29 is 23.0 Å². The smallest absolute Gasteiger partial charge is 0.320 e. The van der Waals surface area contributed by atoms with Crippen LogP contribution in [0.4, 0.5) is 13.9 Å². The summed E-state index contributed by atoms with van der Waals surface area (Å²) in [6.45, 7) is 0.0746. The molecule has 0 aliphatic heterocycles. The number of halogens is 2. The van der Waals surface area contributed by atoms with E-state index >= 15 is 0 Å². The largest absolute Gasteiger partial charge is 0.481 e. The van der Waals surface area contributed by atoms with E-state index in [0.29, 0.717) is 5.56 Å². The molecule has 3 aromatic heterocycles.